The van der Waals surface area contributed by atoms with Gasteiger partial charge in [-0.3, -0.25) is 0 Å². The first-order chi connectivity index (χ1) is 23.6. The smallest absolute Gasteiger partial charge is 0.0991 e. The van der Waals surface area contributed by atoms with Gasteiger partial charge in [-0.15, -0.1) is 0 Å². The lowest BCUT2D eigenvalue weighted by Crippen LogP contribution is -2.00. The van der Waals surface area contributed by atoms with Gasteiger partial charge in [0.25, 0.3) is 0 Å². The number of hydrogen-bond acceptors (Lipinski definition) is 2. The molecule has 2 heterocycles. The standard InChI is InChI=1S/C44H30N4/c1-28-9-8-16-43-44(28)36-25-29(27-45)17-23-41(36)48(43)42-24-22-32(26-37(42)46)30-18-20-31(21-19-30)33-10-2-5-13-38(33)47-39-14-6-3-11-34(39)35-12-4-7-15-40(35)47/h2-26H,46H2,1H3. The number of hydrogen-bond donors (Lipinski definition) is 1. The molecule has 0 bridgehead atoms. The number of fused-ring (bicyclic) bond motifs is 6. The summed E-state index contributed by atoms with van der Waals surface area (Å²) in [6.07, 6.45) is 0. The van der Waals surface area contributed by atoms with Gasteiger partial charge in [0.05, 0.1) is 50.8 Å². The molecular formula is C44H30N4. The van der Waals surface area contributed by atoms with Gasteiger partial charge in [-0.1, -0.05) is 97.1 Å². The Labute approximate surface area is 278 Å². The minimum Gasteiger partial charge on any atom is -0.397 e. The van der Waals surface area contributed by atoms with E-state index >= 15 is 0 Å². The average molecular weight is 615 g/mol. The van der Waals surface area contributed by atoms with E-state index in [1.165, 1.54) is 32.9 Å². The van der Waals surface area contributed by atoms with Crippen molar-refractivity contribution < 1.29 is 0 Å². The summed E-state index contributed by atoms with van der Waals surface area (Å²) in [5.41, 5.74) is 20.4. The Bertz CT molecular complexity index is 2700. The van der Waals surface area contributed by atoms with Crippen molar-refractivity contribution in [2.45, 2.75) is 6.92 Å². The van der Waals surface area contributed by atoms with Crippen LogP contribution in [0.2, 0.25) is 0 Å². The van der Waals surface area contributed by atoms with E-state index in [-0.39, 0.29) is 0 Å². The van der Waals surface area contributed by atoms with Crippen LogP contribution in [0.1, 0.15) is 11.1 Å². The lowest BCUT2D eigenvalue weighted by molar-refractivity contribution is 1.18. The molecule has 0 aliphatic heterocycles. The van der Waals surface area contributed by atoms with Crippen molar-refractivity contribution in [3.05, 3.63) is 163 Å². The van der Waals surface area contributed by atoms with Gasteiger partial charge in [-0.2, -0.15) is 5.26 Å². The molecule has 2 N–H and O–H groups in total. The maximum absolute atomic E-state index is 9.58. The summed E-state index contributed by atoms with van der Waals surface area (Å²) in [7, 11) is 0. The van der Waals surface area contributed by atoms with Gasteiger partial charge in [-0.05, 0) is 83.8 Å². The molecular weight excluding hydrogens is 585 g/mol. The molecule has 0 amide bonds. The fourth-order valence-electron chi connectivity index (χ4n) is 7.45. The number of nitrogens with zero attached hydrogens (tertiary/aromatic N) is 3. The Kier molecular flexibility index (Phi) is 6.21. The Balaban J connectivity index is 1.12. The summed E-state index contributed by atoms with van der Waals surface area (Å²) in [6.45, 7) is 2.11. The largest absolute Gasteiger partial charge is 0.397 e. The molecule has 0 spiro atoms. The zero-order chi connectivity index (χ0) is 32.4. The number of para-hydroxylation sites is 3. The van der Waals surface area contributed by atoms with Gasteiger partial charge in [-0.25, -0.2) is 0 Å². The van der Waals surface area contributed by atoms with E-state index < -0.39 is 0 Å². The molecule has 0 fully saturated rings. The molecule has 0 saturated heterocycles. The van der Waals surface area contributed by atoms with Crippen molar-refractivity contribution in [2.75, 3.05) is 5.73 Å². The average Bonchev–Trinajstić information content (AvgIpc) is 3.65. The molecule has 0 aliphatic carbocycles. The van der Waals surface area contributed by atoms with Crippen LogP contribution in [0.3, 0.4) is 0 Å². The van der Waals surface area contributed by atoms with Gasteiger partial charge in [0, 0.05) is 27.1 Å². The van der Waals surface area contributed by atoms with Gasteiger partial charge in [0.1, 0.15) is 0 Å². The van der Waals surface area contributed by atoms with Crippen LogP contribution in [-0.4, -0.2) is 9.13 Å². The predicted octanol–water partition coefficient (Wildman–Crippen LogP) is 11.0. The summed E-state index contributed by atoms with van der Waals surface area (Å²) >= 11 is 0. The van der Waals surface area contributed by atoms with Gasteiger partial charge >= 0.3 is 0 Å². The fourth-order valence-corrected chi connectivity index (χ4v) is 7.45. The van der Waals surface area contributed by atoms with Crippen LogP contribution in [0.4, 0.5) is 5.69 Å². The number of nitrogen functional groups attached to an aromatic ring is 1. The third-order valence-corrected chi connectivity index (χ3v) is 9.65. The first-order valence-electron chi connectivity index (χ1n) is 16.1. The molecule has 0 radical (unpaired) electrons. The SMILES string of the molecule is Cc1cccc2c1c1cc(C#N)ccc1n2-c1ccc(-c2ccc(-c3ccccc3-n3c4ccccc4c4ccccc43)cc2)cc1N. The molecule has 9 rings (SSSR count). The Morgan fingerprint density at radius 3 is 1.83 bits per heavy atom. The Morgan fingerprint density at radius 1 is 0.500 bits per heavy atom. The summed E-state index contributed by atoms with van der Waals surface area (Å²) in [4.78, 5) is 0. The van der Waals surface area contributed by atoms with E-state index in [4.69, 9.17) is 5.73 Å². The van der Waals surface area contributed by atoms with Crippen molar-refractivity contribution in [3.63, 3.8) is 0 Å². The van der Waals surface area contributed by atoms with Crippen LogP contribution >= 0.6 is 0 Å². The van der Waals surface area contributed by atoms with Crippen LogP contribution in [-0.2, 0) is 0 Å². The fraction of sp³-hybridized carbons (Fsp3) is 0.0227. The normalized spacial score (nSPS) is 11.5. The minimum atomic E-state index is 0.647. The van der Waals surface area contributed by atoms with Crippen LogP contribution < -0.4 is 5.73 Å². The minimum absolute atomic E-state index is 0.647. The van der Waals surface area contributed by atoms with Crippen LogP contribution in [0.25, 0.3) is 77.2 Å². The zero-order valence-electron chi connectivity index (χ0n) is 26.4. The molecule has 48 heavy (non-hydrogen) atoms. The van der Waals surface area contributed by atoms with Gasteiger partial charge < -0.3 is 14.9 Å². The number of aromatic nitrogens is 2. The first kappa shape index (κ1) is 27.7. The number of aryl methyl sites for hydroxylation is 1. The molecule has 4 heteroatoms. The lowest BCUT2D eigenvalue weighted by Gasteiger charge is -2.15. The highest BCUT2D eigenvalue weighted by Gasteiger charge is 2.18. The highest BCUT2D eigenvalue weighted by molar-refractivity contribution is 6.12. The van der Waals surface area contributed by atoms with E-state index in [0.29, 0.717) is 11.3 Å². The highest BCUT2D eigenvalue weighted by atomic mass is 15.0. The second kappa shape index (κ2) is 10.8. The topological polar surface area (TPSA) is 59.7 Å². The van der Waals surface area contributed by atoms with E-state index in [2.05, 4.69) is 156 Å². The molecule has 9 aromatic rings. The summed E-state index contributed by atoms with van der Waals surface area (Å²) < 4.78 is 4.59. The summed E-state index contributed by atoms with van der Waals surface area (Å²) in [5.74, 6) is 0. The Hall–Kier alpha value is -6.57. The van der Waals surface area contributed by atoms with Crippen molar-refractivity contribution in [1.29, 1.82) is 5.26 Å². The zero-order valence-corrected chi connectivity index (χ0v) is 26.4. The molecule has 7 aromatic carbocycles. The predicted molar refractivity (Wildman–Crippen MR) is 200 cm³/mol. The quantitative estimate of drug-likeness (QED) is 0.201. The van der Waals surface area contributed by atoms with Crippen molar-refractivity contribution in [1.82, 2.24) is 9.13 Å². The monoisotopic (exact) mass is 614 g/mol. The molecule has 0 saturated carbocycles. The second-order valence-electron chi connectivity index (χ2n) is 12.4. The third kappa shape index (κ3) is 4.15. The van der Waals surface area contributed by atoms with Crippen molar-refractivity contribution in [2.24, 2.45) is 0 Å². The van der Waals surface area contributed by atoms with Crippen LogP contribution in [0.15, 0.2) is 152 Å². The van der Waals surface area contributed by atoms with Gasteiger partial charge in [0.2, 0.25) is 0 Å². The number of nitriles is 1. The summed E-state index contributed by atoms with van der Waals surface area (Å²) in [6, 6.07) is 55.4. The van der Waals surface area contributed by atoms with E-state index in [1.54, 1.807) is 0 Å². The number of rotatable bonds is 4. The number of nitrogens with two attached hydrogens (primary N) is 1. The van der Waals surface area contributed by atoms with Crippen LogP contribution in [0.5, 0.6) is 0 Å². The van der Waals surface area contributed by atoms with E-state index in [0.717, 1.165) is 49.9 Å². The summed E-state index contributed by atoms with van der Waals surface area (Å²) in [5, 5.41) is 14.3. The molecule has 0 unspecified atom stereocenters. The third-order valence-electron chi connectivity index (χ3n) is 9.65. The van der Waals surface area contributed by atoms with Gasteiger partial charge in [0.15, 0.2) is 0 Å². The highest BCUT2D eigenvalue weighted by Crippen LogP contribution is 2.39. The molecule has 226 valence electrons. The molecule has 0 aliphatic rings. The number of anilines is 1. The maximum atomic E-state index is 9.58. The first-order valence-corrected chi connectivity index (χ1v) is 16.1. The maximum Gasteiger partial charge on any atom is 0.0991 e. The lowest BCUT2D eigenvalue weighted by atomic mass is 9.98. The van der Waals surface area contributed by atoms with Crippen LogP contribution in [0, 0.1) is 18.3 Å². The molecule has 0 atom stereocenters. The van der Waals surface area contributed by atoms with Crippen molar-refractivity contribution in [3.8, 4) is 39.7 Å². The Morgan fingerprint density at radius 2 is 1.10 bits per heavy atom. The van der Waals surface area contributed by atoms with Crippen molar-refractivity contribution >= 4 is 49.3 Å². The molecule has 4 nitrogen and oxygen atoms in total. The number of benzene rings is 7. The van der Waals surface area contributed by atoms with E-state index in [1.807, 2.05) is 18.2 Å². The van der Waals surface area contributed by atoms with E-state index in [9.17, 15) is 5.26 Å². The second-order valence-corrected chi connectivity index (χ2v) is 12.4. The molecule has 2 aromatic heterocycles.